The highest BCUT2D eigenvalue weighted by Gasteiger charge is 2.25. The fraction of sp³-hybridized carbons (Fsp3) is 0.190. The van der Waals surface area contributed by atoms with Crippen LogP contribution in [0.25, 0.3) is 16.6 Å². The normalized spacial score (nSPS) is 12.3. The van der Waals surface area contributed by atoms with Gasteiger partial charge in [-0.1, -0.05) is 36.2 Å². The first-order valence-electron chi connectivity index (χ1n) is 8.99. The molecule has 1 unspecified atom stereocenters. The van der Waals surface area contributed by atoms with Gasteiger partial charge in [-0.3, -0.25) is 9.38 Å². The van der Waals surface area contributed by atoms with Crippen LogP contribution in [0.2, 0.25) is 10.2 Å². The number of nitrogens with two attached hydrogens (primary N) is 1. The van der Waals surface area contributed by atoms with Gasteiger partial charge in [-0.05, 0) is 24.6 Å². The van der Waals surface area contributed by atoms with Crippen LogP contribution in [0.4, 0.5) is 5.82 Å². The lowest BCUT2D eigenvalue weighted by Gasteiger charge is -2.21. The molecule has 1 aromatic carbocycles. The molecule has 6 nitrogen and oxygen atoms in total. The highest BCUT2D eigenvalue weighted by Crippen LogP contribution is 2.44. The number of fused-ring (bicyclic) bond motifs is 1. The van der Waals surface area contributed by atoms with E-state index in [1.807, 2.05) is 36.4 Å². The summed E-state index contributed by atoms with van der Waals surface area (Å²) in [4.78, 5) is 12.9. The van der Waals surface area contributed by atoms with Crippen molar-refractivity contribution in [2.75, 3.05) is 12.8 Å². The number of aromatic nitrogens is 4. The van der Waals surface area contributed by atoms with Crippen LogP contribution in [0.1, 0.15) is 29.8 Å². The Bertz CT molecular complexity index is 1210. The minimum atomic E-state index is -0.180. The third-order valence-corrected chi connectivity index (χ3v) is 5.74. The summed E-state index contributed by atoms with van der Waals surface area (Å²) >= 11 is 13.0. The van der Waals surface area contributed by atoms with Crippen molar-refractivity contribution in [3.05, 3.63) is 70.1 Å². The first kappa shape index (κ1) is 19.5. The Morgan fingerprint density at radius 2 is 2.03 bits per heavy atom. The van der Waals surface area contributed by atoms with Crippen LogP contribution in [-0.2, 0) is 0 Å². The summed E-state index contributed by atoms with van der Waals surface area (Å²) in [7, 11) is 1.65. The minimum absolute atomic E-state index is 0.180. The zero-order valence-corrected chi connectivity index (χ0v) is 17.7. The molecule has 3 heterocycles. The monoisotopic (exact) mass is 427 g/mol. The third-order valence-electron chi connectivity index (χ3n) is 5.08. The van der Waals surface area contributed by atoms with Crippen LogP contribution >= 0.6 is 23.2 Å². The summed E-state index contributed by atoms with van der Waals surface area (Å²) in [6.07, 6.45) is 6.94. The molecule has 2 N–H and O–H groups in total. The molecule has 0 radical (unpaired) electrons. The zero-order valence-electron chi connectivity index (χ0n) is 16.1. The summed E-state index contributed by atoms with van der Waals surface area (Å²) < 4.78 is 7.71. The second-order valence-corrected chi connectivity index (χ2v) is 7.50. The molecule has 0 bridgehead atoms. The van der Waals surface area contributed by atoms with Crippen LogP contribution in [-0.4, -0.2) is 26.5 Å². The van der Waals surface area contributed by atoms with Crippen molar-refractivity contribution in [2.24, 2.45) is 0 Å². The number of rotatable bonds is 4. The highest BCUT2D eigenvalue weighted by atomic mass is 35.5. The SMILES string of the molecule is COc1c(C(C)c2nc(Cl)c3c(N)nccn23)cc(Cl)c(C)c1-c1cccnc1. The van der Waals surface area contributed by atoms with Gasteiger partial charge in [-0.2, -0.15) is 0 Å². The molecule has 0 saturated carbocycles. The van der Waals surface area contributed by atoms with E-state index in [9.17, 15) is 0 Å². The maximum atomic E-state index is 6.62. The van der Waals surface area contributed by atoms with Crippen molar-refractivity contribution in [3.8, 4) is 16.9 Å². The lowest BCUT2D eigenvalue weighted by atomic mass is 9.91. The molecule has 4 aromatic rings. The second kappa shape index (κ2) is 7.54. The standard InChI is InChI=1S/C21H19Cl2N5O/c1-11(21-27-19(23)17-20(24)26-7-8-28(17)21)14-9-15(22)12(2)16(18(14)29-3)13-5-4-6-25-10-13/h4-11H,1-3H3,(H2,24,26). The van der Waals surface area contributed by atoms with Gasteiger partial charge >= 0.3 is 0 Å². The number of halogens is 2. The van der Waals surface area contributed by atoms with Crippen molar-refractivity contribution in [3.63, 3.8) is 0 Å². The Morgan fingerprint density at radius 3 is 2.72 bits per heavy atom. The number of methoxy groups -OCH3 is 1. The summed E-state index contributed by atoms with van der Waals surface area (Å²) in [5, 5.41) is 0.946. The van der Waals surface area contributed by atoms with Gasteiger partial charge in [0.25, 0.3) is 0 Å². The third kappa shape index (κ3) is 3.18. The average Bonchev–Trinajstić information content (AvgIpc) is 3.07. The van der Waals surface area contributed by atoms with Crippen LogP contribution in [0.5, 0.6) is 5.75 Å². The Labute approximate surface area is 178 Å². The number of benzene rings is 1. The average molecular weight is 428 g/mol. The number of nitrogens with zero attached hydrogens (tertiary/aromatic N) is 4. The number of ether oxygens (including phenoxy) is 1. The second-order valence-electron chi connectivity index (χ2n) is 6.74. The maximum Gasteiger partial charge on any atom is 0.158 e. The molecule has 0 fully saturated rings. The van der Waals surface area contributed by atoms with Crippen molar-refractivity contribution in [2.45, 2.75) is 19.8 Å². The predicted octanol–water partition coefficient (Wildman–Crippen LogP) is 5.15. The van der Waals surface area contributed by atoms with E-state index in [0.717, 1.165) is 33.8 Å². The summed E-state index contributed by atoms with van der Waals surface area (Å²) in [5.41, 5.74) is 10.2. The van der Waals surface area contributed by atoms with Gasteiger partial charge in [0, 0.05) is 52.4 Å². The van der Waals surface area contributed by atoms with E-state index < -0.39 is 0 Å². The van der Waals surface area contributed by atoms with Gasteiger partial charge in [0.2, 0.25) is 0 Å². The van der Waals surface area contributed by atoms with E-state index in [-0.39, 0.29) is 5.92 Å². The summed E-state index contributed by atoms with van der Waals surface area (Å²) in [6, 6.07) is 5.78. The van der Waals surface area contributed by atoms with Gasteiger partial charge in [0.05, 0.1) is 7.11 Å². The van der Waals surface area contributed by atoms with Gasteiger partial charge in [0.1, 0.15) is 17.1 Å². The van der Waals surface area contributed by atoms with E-state index in [4.69, 9.17) is 33.7 Å². The molecule has 4 rings (SSSR count). The zero-order chi connectivity index (χ0) is 20.7. The molecule has 0 spiro atoms. The Morgan fingerprint density at radius 1 is 1.24 bits per heavy atom. The molecule has 0 aliphatic carbocycles. The molecular formula is C21H19Cl2N5O. The first-order valence-corrected chi connectivity index (χ1v) is 9.75. The topological polar surface area (TPSA) is 78.3 Å². The minimum Gasteiger partial charge on any atom is -0.496 e. The van der Waals surface area contributed by atoms with Crippen LogP contribution in [0.15, 0.2) is 43.0 Å². The molecule has 148 valence electrons. The fourth-order valence-electron chi connectivity index (χ4n) is 3.63. The molecule has 29 heavy (non-hydrogen) atoms. The van der Waals surface area contributed by atoms with E-state index in [1.165, 1.54) is 0 Å². The molecule has 1 atom stereocenters. The number of imidazole rings is 1. The largest absolute Gasteiger partial charge is 0.496 e. The lowest BCUT2D eigenvalue weighted by Crippen LogP contribution is -2.07. The molecule has 0 aliphatic heterocycles. The van der Waals surface area contributed by atoms with Crippen molar-refractivity contribution in [1.29, 1.82) is 0 Å². The Kier molecular flexibility index (Phi) is 5.06. The summed E-state index contributed by atoms with van der Waals surface area (Å²) in [6.45, 7) is 3.99. The van der Waals surface area contributed by atoms with Crippen LogP contribution in [0.3, 0.4) is 0 Å². The molecule has 0 saturated heterocycles. The van der Waals surface area contributed by atoms with Gasteiger partial charge in [-0.25, -0.2) is 9.97 Å². The van der Waals surface area contributed by atoms with Crippen molar-refractivity contribution < 1.29 is 4.74 Å². The molecule has 0 aliphatic rings. The number of nitrogen functional groups attached to an aromatic ring is 1. The molecule has 0 amide bonds. The van der Waals surface area contributed by atoms with E-state index in [2.05, 4.69) is 15.0 Å². The number of hydrogen-bond donors (Lipinski definition) is 1. The number of pyridine rings is 1. The van der Waals surface area contributed by atoms with Crippen LogP contribution in [0, 0.1) is 6.92 Å². The first-order chi connectivity index (χ1) is 13.9. The smallest absolute Gasteiger partial charge is 0.158 e. The fourth-order valence-corrected chi connectivity index (χ4v) is 4.12. The van der Waals surface area contributed by atoms with Gasteiger partial charge in [0.15, 0.2) is 11.0 Å². The maximum absolute atomic E-state index is 6.62. The number of hydrogen-bond acceptors (Lipinski definition) is 5. The lowest BCUT2D eigenvalue weighted by molar-refractivity contribution is 0.409. The van der Waals surface area contributed by atoms with Crippen molar-refractivity contribution >= 4 is 34.5 Å². The van der Waals surface area contributed by atoms with Crippen LogP contribution < -0.4 is 10.5 Å². The molecule has 3 aromatic heterocycles. The predicted molar refractivity (Wildman–Crippen MR) is 116 cm³/mol. The Balaban J connectivity index is 1.97. The van der Waals surface area contributed by atoms with Gasteiger partial charge in [-0.15, -0.1) is 0 Å². The summed E-state index contributed by atoms with van der Waals surface area (Å²) in [5.74, 6) is 1.59. The van der Waals surface area contributed by atoms with E-state index in [1.54, 1.807) is 31.9 Å². The van der Waals surface area contributed by atoms with E-state index >= 15 is 0 Å². The van der Waals surface area contributed by atoms with E-state index in [0.29, 0.717) is 21.5 Å². The quantitative estimate of drug-likeness (QED) is 0.487. The number of anilines is 1. The van der Waals surface area contributed by atoms with Gasteiger partial charge < -0.3 is 10.5 Å². The highest BCUT2D eigenvalue weighted by molar-refractivity contribution is 6.33. The molecular weight excluding hydrogens is 409 g/mol. The Hall–Kier alpha value is -2.83. The van der Waals surface area contributed by atoms with Crippen molar-refractivity contribution in [1.82, 2.24) is 19.4 Å². The molecule has 8 heteroatoms.